The summed E-state index contributed by atoms with van der Waals surface area (Å²) in [4.78, 5) is 16.1. The van der Waals surface area contributed by atoms with E-state index >= 15 is 0 Å². The summed E-state index contributed by atoms with van der Waals surface area (Å²) in [5.74, 6) is -0.370. The Kier molecular flexibility index (Phi) is 7.57. The van der Waals surface area contributed by atoms with Crippen molar-refractivity contribution in [1.82, 2.24) is 15.0 Å². The van der Waals surface area contributed by atoms with Crippen LogP contribution < -0.4 is 14.8 Å². The van der Waals surface area contributed by atoms with Gasteiger partial charge in [-0.15, -0.1) is 6.58 Å². The quantitative estimate of drug-likeness (QED) is 0.461. The minimum absolute atomic E-state index is 0.0122. The molecule has 0 spiro atoms. The van der Waals surface area contributed by atoms with E-state index in [1.165, 1.54) is 12.1 Å². The number of amides is 1. The molecule has 172 valence electrons. The highest BCUT2D eigenvalue weighted by Crippen LogP contribution is 2.24. The van der Waals surface area contributed by atoms with E-state index in [2.05, 4.69) is 21.6 Å². The summed E-state index contributed by atoms with van der Waals surface area (Å²) in [7, 11) is -4.11. The molecule has 3 aromatic rings. The Morgan fingerprint density at radius 3 is 2.64 bits per heavy atom. The van der Waals surface area contributed by atoms with Gasteiger partial charge in [-0.2, -0.15) is 0 Å². The molecule has 1 amide bonds. The predicted octanol–water partition coefficient (Wildman–Crippen LogP) is 4.02. The maximum atomic E-state index is 14.1. The Labute approximate surface area is 192 Å². The zero-order valence-electron chi connectivity index (χ0n) is 18.3. The molecule has 0 atom stereocenters. The van der Waals surface area contributed by atoms with E-state index in [4.69, 9.17) is 4.74 Å². The van der Waals surface area contributed by atoms with Crippen molar-refractivity contribution in [3.63, 3.8) is 0 Å². The highest BCUT2D eigenvalue weighted by atomic mass is 32.2. The van der Waals surface area contributed by atoms with Gasteiger partial charge in [0.1, 0.15) is 16.5 Å². The molecule has 2 aromatic carbocycles. The number of nitrogens with one attached hydrogen (secondary N) is 2. The summed E-state index contributed by atoms with van der Waals surface area (Å²) in [5, 5.41) is 2.67. The number of aromatic nitrogens is 1. The third-order valence-electron chi connectivity index (χ3n) is 4.71. The number of pyridine rings is 1. The Hall–Kier alpha value is -3.56. The van der Waals surface area contributed by atoms with Crippen molar-refractivity contribution in [2.24, 2.45) is 0 Å². The smallest absolute Gasteiger partial charge is 0.251 e. The second-order valence-electron chi connectivity index (χ2n) is 7.34. The van der Waals surface area contributed by atoms with E-state index in [1.54, 1.807) is 18.3 Å². The number of sulfonamides is 1. The summed E-state index contributed by atoms with van der Waals surface area (Å²) < 4.78 is 46.5. The van der Waals surface area contributed by atoms with Crippen LogP contribution in [0.3, 0.4) is 0 Å². The van der Waals surface area contributed by atoms with Crippen LogP contribution in [0, 0.1) is 19.7 Å². The first-order valence-corrected chi connectivity index (χ1v) is 11.6. The van der Waals surface area contributed by atoms with Crippen molar-refractivity contribution < 1.29 is 22.3 Å². The van der Waals surface area contributed by atoms with Gasteiger partial charge in [-0.3, -0.25) is 4.79 Å². The van der Waals surface area contributed by atoms with E-state index in [0.29, 0.717) is 17.2 Å². The molecule has 33 heavy (non-hydrogen) atoms. The van der Waals surface area contributed by atoms with Crippen LogP contribution in [0.2, 0.25) is 0 Å². The SMILES string of the molecule is C=CCNS(=O)(=O)c1cc(C(=O)NCc2ccc(Oc3cc(C)ccc3C)nc2)ccc1F. The number of carbonyl (C=O) groups excluding carboxylic acids is 1. The standard InChI is InChI=1S/C24H24FN3O4S/c1-4-11-28-33(30,31)22-13-19(8-9-20(22)25)24(29)27-15-18-7-10-23(26-14-18)32-21-12-16(2)5-6-17(21)3/h4-10,12-14,28H,1,11,15H2,2-3H3,(H,27,29). The lowest BCUT2D eigenvalue weighted by atomic mass is 10.1. The number of carbonyl (C=O) groups is 1. The monoisotopic (exact) mass is 469 g/mol. The predicted molar refractivity (Wildman–Crippen MR) is 123 cm³/mol. The number of nitrogens with zero attached hydrogens (tertiary/aromatic N) is 1. The second-order valence-corrected chi connectivity index (χ2v) is 9.08. The van der Waals surface area contributed by atoms with Crippen LogP contribution in [0.5, 0.6) is 11.6 Å². The summed E-state index contributed by atoms with van der Waals surface area (Å²) in [6.45, 7) is 7.42. The topological polar surface area (TPSA) is 97.4 Å². The van der Waals surface area contributed by atoms with Crippen LogP contribution in [-0.2, 0) is 16.6 Å². The number of aryl methyl sites for hydroxylation is 2. The van der Waals surface area contributed by atoms with Gasteiger partial charge in [0.2, 0.25) is 15.9 Å². The molecule has 0 radical (unpaired) electrons. The van der Waals surface area contributed by atoms with Crippen molar-refractivity contribution in [2.45, 2.75) is 25.3 Å². The third kappa shape index (κ3) is 6.24. The molecule has 0 fully saturated rings. The van der Waals surface area contributed by atoms with E-state index in [-0.39, 0.29) is 18.7 Å². The van der Waals surface area contributed by atoms with Crippen molar-refractivity contribution >= 4 is 15.9 Å². The van der Waals surface area contributed by atoms with E-state index in [0.717, 1.165) is 23.3 Å². The fraction of sp³-hybridized carbons (Fsp3) is 0.167. The molecule has 1 heterocycles. The minimum Gasteiger partial charge on any atom is -0.439 e. The van der Waals surface area contributed by atoms with Gasteiger partial charge in [0, 0.05) is 30.9 Å². The first-order chi connectivity index (χ1) is 15.7. The third-order valence-corrected chi connectivity index (χ3v) is 6.15. The van der Waals surface area contributed by atoms with Crippen LogP contribution in [-0.4, -0.2) is 25.9 Å². The van der Waals surface area contributed by atoms with Crippen molar-refractivity contribution in [1.29, 1.82) is 0 Å². The molecule has 7 nitrogen and oxygen atoms in total. The van der Waals surface area contributed by atoms with Gasteiger partial charge in [0.25, 0.3) is 5.91 Å². The average molecular weight is 470 g/mol. The number of rotatable bonds is 9. The summed E-state index contributed by atoms with van der Waals surface area (Å²) in [6.07, 6.45) is 2.90. The number of hydrogen-bond donors (Lipinski definition) is 2. The number of halogens is 1. The van der Waals surface area contributed by atoms with Gasteiger partial charge in [0.05, 0.1) is 0 Å². The Morgan fingerprint density at radius 1 is 1.15 bits per heavy atom. The molecular weight excluding hydrogens is 445 g/mol. The largest absolute Gasteiger partial charge is 0.439 e. The zero-order valence-corrected chi connectivity index (χ0v) is 19.1. The van der Waals surface area contributed by atoms with Crippen LogP contribution in [0.15, 0.2) is 72.3 Å². The zero-order chi connectivity index (χ0) is 24.0. The lowest BCUT2D eigenvalue weighted by Gasteiger charge is -2.10. The molecule has 3 rings (SSSR count). The molecule has 0 aliphatic heterocycles. The van der Waals surface area contributed by atoms with Crippen molar-refractivity contribution in [2.75, 3.05) is 6.54 Å². The summed E-state index contributed by atoms with van der Waals surface area (Å²) in [5.41, 5.74) is 2.78. The first kappa shape index (κ1) is 24.1. The normalized spacial score (nSPS) is 11.1. The fourth-order valence-electron chi connectivity index (χ4n) is 2.89. The van der Waals surface area contributed by atoms with Gasteiger partial charge in [-0.05, 0) is 54.8 Å². The molecule has 0 saturated carbocycles. The molecule has 0 aliphatic carbocycles. The number of benzene rings is 2. The summed E-state index contributed by atoms with van der Waals surface area (Å²) in [6, 6.07) is 12.5. The maximum absolute atomic E-state index is 14.1. The van der Waals surface area contributed by atoms with Crippen LogP contribution >= 0.6 is 0 Å². The van der Waals surface area contributed by atoms with Gasteiger partial charge >= 0.3 is 0 Å². The molecular formula is C24H24FN3O4S. The van der Waals surface area contributed by atoms with E-state index in [1.807, 2.05) is 32.0 Å². The number of hydrogen-bond acceptors (Lipinski definition) is 5. The average Bonchev–Trinajstić information content (AvgIpc) is 2.79. The Bertz CT molecular complexity index is 1280. The Balaban J connectivity index is 1.65. The van der Waals surface area contributed by atoms with Gasteiger partial charge in [-0.1, -0.05) is 24.3 Å². The van der Waals surface area contributed by atoms with Crippen LogP contribution in [0.25, 0.3) is 0 Å². The van der Waals surface area contributed by atoms with Crippen molar-refractivity contribution in [3.8, 4) is 11.6 Å². The highest BCUT2D eigenvalue weighted by Gasteiger charge is 2.20. The molecule has 1 aromatic heterocycles. The van der Waals surface area contributed by atoms with E-state index in [9.17, 15) is 17.6 Å². The second kappa shape index (κ2) is 10.4. The minimum atomic E-state index is -4.11. The summed E-state index contributed by atoms with van der Waals surface area (Å²) >= 11 is 0. The lowest BCUT2D eigenvalue weighted by molar-refractivity contribution is 0.0950. The molecule has 0 saturated heterocycles. The molecule has 9 heteroatoms. The van der Waals surface area contributed by atoms with Crippen molar-refractivity contribution in [3.05, 3.63) is 95.5 Å². The first-order valence-electron chi connectivity index (χ1n) is 10.1. The molecule has 2 N–H and O–H groups in total. The fourth-order valence-corrected chi connectivity index (χ4v) is 3.99. The van der Waals surface area contributed by atoms with Gasteiger partial charge in [-0.25, -0.2) is 22.5 Å². The van der Waals surface area contributed by atoms with Crippen LogP contribution in [0.4, 0.5) is 4.39 Å². The van der Waals surface area contributed by atoms with Gasteiger partial charge < -0.3 is 10.1 Å². The molecule has 0 unspecified atom stereocenters. The van der Waals surface area contributed by atoms with E-state index < -0.39 is 26.6 Å². The van der Waals surface area contributed by atoms with Gasteiger partial charge in [0.15, 0.2) is 0 Å². The molecule has 0 aliphatic rings. The highest BCUT2D eigenvalue weighted by molar-refractivity contribution is 7.89. The maximum Gasteiger partial charge on any atom is 0.251 e. The number of ether oxygens (including phenoxy) is 1. The Morgan fingerprint density at radius 2 is 1.94 bits per heavy atom. The molecule has 0 bridgehead atoms. The van der Waals surface area contributed by atoms with Crippen LogP contribution in [0.1, 0.15) is 27.0 Å². The lowest BCUT2D eigenvalue weighted by Crippen LogP contribution is -2.26.